The van der Waals surface area contributed by atoms with E-state index in [0.29, 0.717) is 6.04 Å². The van der Waals surface area contributed by atoms with E-state index in [-0.39, 0.29) is 0 Å². The van der Waals surface area contributed by atoms with Crippen LogP contribution in [-0.4, -0.2) is 17.6 Å². The Morgan fingerprint density at radius 1 is 1.19 bits per heavy atom. The van der Waals surface area contributed by atoms with Gasteiger partial charge in [0.1, 0.15) is 0 Å². The molecule has 0 amide bonds. The van der Waals surface area contributed by atoms with Crippen molar-refractivity contribution in [2.24, 2.45) is 0 Å². The highest BCUT2D eigenvalue weighted by Gasteiger charge is 2.10. The first-order chi connectivity index (χ1) is 10.1. The van der Waals surface area contributed by atoms with E-state index in [1.54, 1.807) is 0 Å². The molecule has 2 nitrogen and oxygen atoms in total. The van der Waals surface area contributed by atoms with Crippen LogP contribution in [0.1, 0.15) is 42.6 Å². The molecular weight excluding hydrogens is 276 g/mol. The van der Waals surface area contributed by atoms with Crippen molar-refractivity contribution >= 4 is 11.3 Å². The van der Waals surface area contributed by atoms with Crippen LogP contribution < -0.4 is 5.32 Å². The van der Waals surface area contributed by atoms with Gasteiger partial charge >= 0.3 is 0 Å². The molecule has 0 aliphatic carbocycles. The Morgan fingerprint density at radius 2 is 1.90 bits per heavy atom. The van der Waals surface area contributed by atoms with Crippen LogP contribution in [0, 0.1) is 6.92 Å². The molecule has 2 rings (SSSR count). The molecule has 2 aromatic rings. The third-order valence-corrected chi connectivity index (χ3v) is 4.95. The summed E-state index contributed by atoms with van der Waals surface area (Å²) in [5, 5.41) is 4.77. The Balaban J connectivity index is 2.04. The molecule has 0 aliphatic heterocycles. The number of nitrogens with one attached hydrogen (secondary N) is 1. The van der Waals surface area contributed by atoms with Crippen LogP contribution in [0.2, 0.25) is 0 Å². The molecule has 0 bridgehead atoms. The number of rotatable bonds is 7. The van der Waals surface area contributed by atoms with Gasteiger partial charge in [-0.05, 0) is 32.3 Å². The number of hydrogen-bond acceptors (Lipinski definition) is 3. The van der Waals surface area contributed by atoms with Crippen LogP contribution in [0.5, 0.6) is 0 Å². The Kier molecular flexibility index (Phi) is 5.95. The Morgan fingerprint density at radius 3 is 2.52 bits per heavy atom. The maximum Gasteiger partial charge on any atom is 0.0948 e. The van der Waals surface area contributed by atoms with Gasteiger partial charge < -0.3 is 5.32 Å². The number of thiazole rings is 1. The molecule has 0 fully saturated rings. The van der Waals surface area contributed by atoms with Crippen LogP contribution >= 0.6 is 11.3 Å². The molecule has 0 spiro atoms. The number of aryl methyl sites for hydroxylation is 2. The van der Waals surface area contributed by atoms with Gasteiger partial charge in [-0.2, -0.15) is 0 Å². The first-order valence-corrected chi connectivity index (χ1v) is 8.74. The Labute approximate surface area is 132 Å². The minimum absolute atomic E-state index is 0.590. The highest BCUT2D eigenvalue weighted by atomic mass is 32.1. The fraction of sp³-hybridized carbons (Fsp3) is 0.500. The van der Waals surface area contributed by atoms with Gasteiger partial charge in [-0.25, -0.2) is 4.98 Å². The predicted molar refractivity (Wildman–Crippen MR) is 93.1 cm³/mol. The molecule has 0 saturated carbocycles. The minimum atomic E-state index is 0.590. The van der Waals surface area contributed by atoms with E-state index in [0.717, 1.165) is 25.1 Å². The lowest BCUT2D eigenvalue weighted by atomic mass is 10.1. The zero-order valence-electron chi connectivity index (χ0n) is 13.6. The SMILES string of the molecule is CCc1ccc(-c2nc(CCNC(C)CC)sc2C)cc1. The molecule has 114 valence electrons. The van der Waals surface area contributed by atoms with E-state index >= 15 is 0 Å². The fourth-order valence-electron chi connectivity index (χ4n) is 2.29. The molecule has 21 heavy (non-hydrogen) atoms. The van der Waals surface area contributed by atoms with Crippen molar-refractivity contribution in [2.45, 2.75) is 53.0 Å². The van der Waals surface area contributed by atoms with Crippen molar-refractivity contribution in [2.75, 3.05) is 6.54 Å². The second-order valence-electron chi connectivity index (χ2n) is 5.58. The third-order valence-electron chi connectivity index (χ3n) is 3.92. The van der Waals surface area contributed by atoms with Gasteiger partial charge in [0.15, 0.2) is 0 Å². The molecule has 3 heteroatoms. The second-order valence-corrected chi connectivity index (χ2v) is 6.86. The van der Waals surface area contributed by atoms with Crippen LogP contribution in [0.4, 0.5) is 0 Å². The molecule has 1 atom stereocenters. The highest BCUT2D eigenvalue weighted by molar-refractivity contribution is 7.12. The minimum Gasteiger partial charge on any atom is -0.314 e. The van der Waals surface area contributed by atoms with Gasteiger partial charge in [0.2, 0.25) is 0 Å². The van der Waals surface area contributed by atoms with E-state index in [2.05, 4.69) is 57.3 Å². The molecule has 0 radical (unpaired) electrons. The summed E-state index contributed by atoms with van der Waals surface area (Å²) in [6.45, 7) is 9.81. The summed E-state index contributed by atoms with van der Waals surface area (Å²) < 4.78 is 0. The van der Waals surface area contributed by atoms with Crippen LogP contribution in [-0.2, 0) is 12.8 Å². The average Bonchev–Trinajstić information content (AvgIpc) is 2.88. The molecule has 0 aliphatic rings. The molecule has 1 aromatic heterocycles. The highest BCUT2D eigenvalue weighted by Crippen LogP contribution is 2.28. The summed E-state index contributed by atoms with van der Waals surface area (Å²) in [7, 11) is 0. The van der Waals surface area contributed by atoms with E-state index in [9.17, 15) is 0 Å². The predicted octanol–water partition coefficient (Wildman–Crippen LogP) is 4.61. The molecule has 1 N–H and O–H groups in total. The Hall–Kier alpha value is -1.19. The van der Waals surface area contributed by atoms with E-state index in [4.69, 9.17) is 4.98 Å². The lowest BCUT2D eigenvalue weighted by Gasteiger charge is -2.09. The molecule has 1 unspecified atom stereocenters. The van der Waals surface area contributed by atoms with Gasteiger partial charge in [0, 0.05) is 29.4 Å². The standard InChI is InChI=1S/C18H26N2S/c1-5-13(3)19-12-11-17-20-18(14(4)21-17)16-9-7-15(6-2)8-10-16/h7-10,13,19H,5-6,11-12H2,1-4H3. The first-order valence-electron chi connectivity index (χ1n) is 7.93. The summed E-state index contributed by atoms with van der Waals surface area (Å²) in [6.07, 6.45) is 3.28. The quantitative estimate of drug-likeness (QED) is 0.808. The zero-order chi connectivity index (χ0) is 15.2. The largest absolute Gasteiger partial charge is 0.314 e. The zero-order valence-corrected chi connectivity index (χ0v) is 14.4. The van der Waals surface area contributed by atoms with Crippen molar-refractivity contribution < 1.29 is 0 Å². The molecule has 0 saturated heterocycles. The van der Waals surface area contributed by atoms with E-state index in [1.807, 2.05) is 11.3 Å². The smallest absolute Gasteiger partial charge is 0.0948 e. The topological polar surface area (TPSA) is 24.9 Å². The van der Waals surface area contributed by atoms with Crippen molar-refractivity contribution in [1.29, 1.82) is 0 Å². The second kappa shape index (κ2) is 7.71. The Bertz CT molecular complexity index is 557. The third kappa shape index (κ3) is 4.39. The number of nitrogens with zero attached hydrogens (tertiary/aromatic N) is 1. The summed E-state index contributed by atoms with van der Waals surface area (Å²) in [5.41, 5.74) is 3.77. The first kappa shape index (κ1) is 16.2. The van der Waals surface area contributed by atoms with E-state index < -0.39 is 0 Å². The van der Waals surface area contributed by atoms with Gasteiger partial charge in [-0.3, -0.25) is 0 Å². The monoisotopic (exact) mass is 302 g/mol. The maximum absolute atomic E-state index is 4.84. The molecule has 1 heterocycles. The van der Waals surface area contributed by atoms with Crippen LogP contribution in [0.3, 0.4) is 0 Å². The normalized spacial score (nSPS) is 12.6. The lowest BCUT2D eigenvalue weighted by molar-refractivity contribution is 0.537. The van der Waals surface area contributed by atoms with Crippen LogP contribution in [0.25, 0.3) is 11.3 Å². The van der Waals surface area contributed by atoms with Crippen LogP contribution in [0.15, 0.2) is 24.3 Å². The maximum atomic E-state index is 4.84. The summed E-state index contributed by atoms with van der Waals surface area (Å²) in [6, 6.07) is 9.40. The van der Waals surface area contributed by atoms with Crippen molar-refractivity contribution in [1.82, 2.24) is 10.3 Å². The van der Waals surface area contributed by atoms with Gasteiger partial charge in [-0.15, -0.1) is 11.3 Å². The van der Waals surface area contributed by atoms with Gasteiger partial charge in [0.25, 0.3) is 0 Å². The number of hydrogen-bond donors (Lipinski definition) is 1. The van der Waals surface area contributed by atoms with E-state index in [1.165, 1.54) is 27.4 Å². The summed E-state index contributed by atoms with van der Waals surface area (Å²) in [5.74, 6) is 0. The lowest BCUT2D eigenvalue weighted by Crippen LogP contribution is -2.27. The van der Waals surface area contributed by atoms with Gasteiger partial charge in [-0.1, -0.05) is 38.1 Å². The average molecular weight is 302 g/mol. The summed E-state index contributed by atoms with van der Waals surface area (Å²) in [4.78, 5) is 6.15. The van der Waals surface area contributed by atoms with Crippen molar-refractivity contribution in [3.8, 4) is 11.3 Å². The number of benzene rings is 1. The van der Waals surface area contributed by atoms with Gasteiger partial charge in [0.05, 0.1) is 10.7 Å². The van der Waals surface area contributed by atoms with Crippen molar-refractivity contribution in [3.63, 3.8) is 0 Å². The number of aromatic nitrogens is 1. The fourth-order valence-corrected chi connectivity index (χ4v) is 3.25. The summed E-state index contributed by atoms with van der Waals surface area (Å²) >= 11 is 1.83. The molecular formula is C18H26N2S. The van der Waals surface area contributed by atoms with Crippen molar-refractivity contribution in [3.05, 3.63) is 39.7 Å². The molecule has 1 aromatic carbocycles.